The molecule has 4 nitrogen and oxygen atoms in total. The number of halogens is 1. The maximum Gasteiger partial charge on any atom is 0.0889 e. The first-order valence-corrected chi connectivity index (χ1v) is 7.39. The SMILES string of the molecule is C[C@@](O)(CO)[C@H]1CCCN(Cc2ccc(N)cc2Cl)C1. The largest absolute Gasteiger partial charge is 0.399 e. The molecule has 1 aromatic carbocycles. The first-order valence-electron chi connectivity index (χ1n) is 7.02. The quantitative estimate of drug-likeness (QED) is 0.742. The average molecular weight is 299 g/mol. The third-order valence-electron chi connectivity index (χ3n) is 4.18. The molecule has 0 spiro atoms. The Morgan fingerprint density at radius 1 is 1.50 bits per heavy atom. The molecule has 1 aromatic rings. The van der Waals surface area contributed by atoms with Gasteiger partial charge in [0.15, 0.2) is 0 Å². The molecular formula is C15H23ClN2O2. The zero-order chi connectivity index (χ0) is 14.8. The summed E-state index contributed by atoms with van der Waals surface area (Å²) in [6.07, 6.45) is 1.97. The number of likely N-dealkylation sites (tertiary alicyclic amines) is 1. The molecule has 0 aliphatic carbocycles. The summed E-state index contributed by atoms with van der Waals surface area (Å²) in [7, 11) is 0. The van der Waals surface area contributed by atoms with Crippen LogP contribution in [0.3, 0.4) is 0 Å². The standard InChI is InChI=1S/C15H23ClN2O2/c1-15(20,10-19)12-3-2-6-18(9-12)8-11-4-5-13(17)7-14(11)16/h4-5,7,12,19-20H,2-3,6,8-10,17H2,1H3/t12-,15+/m0/s1. The van der Waals surface area contributed by atoms with E-state index in [1.807, 2.05) is 12.1 Å². The first kappa shape index (κ1) is 15.6. The fraction of sp³-hybridized carbons (Fsp3) is 0.600. The van der Waals surface area contributed by atoms with Crippen LogP contribution in [0.15, 0.2) is 18.2 Å². The van der Waals surface area contributed by atoms with Gasteiger partial charge in [-0.15, -0.1) is 0 Å². The summed E-state index contributed by atoms with van der Waals surface area (Å²) in [4.78, 5) is 2.27. The minimum absolute atomic E-state index is 0.0915. The van der Waals surface area contributed by atoms with E-state index in [0.29, 0.717) is 10.7 Å². The highest BCUT2D eigenvalue weighted by Gasteiger charge is 2.34. The van der Waals surface area contributed by atoms with Crippen LogP contribution in [0.2, 0.25) is 5.02 Å². The van der Waals surface area contributed by atoms with Gasteiger partial charge < -0.3 is 15.9 Å². The minimum Gasteiger partial charge on any atom is -0.399 e. The number of rotatable bonds is 4. The Kier molecular flexibility index (Phi) is 4.91. The summed E-state index contributed by atoms with van der Waals surface area (Å²) >= 11 is 6.21. The minimum atomic E-state index is -1.01. The number of aliphatic hydroxyl groups is 2. The molecule has 0 radical (unpaired) electrons. The van der Waals surface area contributed by atoms with E-state index in [-0.39, 0.29) is 12.5 Å². The van der Waals surface area contributed by atoms with Crippen molar-refractivity contribution in [1.82, 2.24) is 4.90 Å². The molecular weight excluding hydrogens is 276 g/mol. The van der Waals surface area contributed by atoms with Gasteiger partial charge in [-0.2, -0.15) is 0 Å². The summed E-state index contributed by atoms with van der Waals surface area (Å²) in [5, 5.41) is 20.2. The van der Waals surface area contributed by atoms with Crippen molar-refractivity contribution in [1.29, 1.82) is 0 Å². The van der Waals surface area contributed by atoms with Crippen LogP contribution in [0.25, 0.3) is 0 Å². The van der Waals surface area contributed by atoms with E-state index in [9.17, 15) is 10.2 Å². The maximum atomic E-state index is 10.2. The van der Waals surface area contributed by atoms with Crippen LogP contribution in [0, 0.1) is 5.92 Å². The van der Waals surface area contributed by atoms with Gasteiger partial charge in [-0.25, -0.2) is 0 Å². The van der Waals surface area contributed by atoms with Crippen molar-refractivity contribution in [2.75, 3.05) is 25.4 Å². The number of anilines is 1. The molecule has 1 fully saturated rings. The number of benzene rings is 1. The first-order chi connectivity index (χ1) is 9.42. The lowest BCUT2D eigenvalue weighted by molar-refractivity contribution is -0.0697. The van der Waals surface area contributed by atoms with Gasteiger partial charge in [-0.05, 0) is 44.0 Å². The van der Waals surface area contributed by atoms with Crippen LogP contribution in [-0.2, 0) is 6.54 Å². The topological polar surface area (TPSA) is 69.7 Å². The maximum absolute atomic E-state index is 10.2. The molecule has 0 aromatic heterocycles. The molecule has 1 heterocycles. The highest BCUT2D eigenvalue weighted by atomic mass is 35.5. The Morgan fingerprint density at radius 2 is 2.25 bits per heavy atom. The van der Waals surface area contributed by atoms with Crippen molar-refractivity contribution in [3.63, 3.8) is 0 Å². The molecule has 20 heavy (non-hydrogen) atoms. The van der Waals surface area contributed by atoms with Crippen LogP contribution >= 0.6 is 11.6 Å². The summed E-state index contributed by atoms with van der Waals surface area (Å²) in [6.45, 7) is 4.01. The average Bonchev–Trinajstić information content (AvgIpc) is 2.42. The van der Waals surface area contributed by atoms with Crippen LogP contribution in [0.5, 0.6) is 0 Å². The second-order valence-corrected chi connectivity index (χ2v) is 6.35. The number of aliphatic hydroxyl groups excluding tert-OH is 1. The van der Waals surface area contributed by atoms with E-state index in [1.54, 1.807) is 13.0 Å². The summed E-state index contributed by atoms with van der Waals surface area (Å²) < 4.78 is 0. The molecule has 0 bridgehead atoms. The van der Waals surface area contributed by atoms with E-state index < -0.39 is 5.60 Å². The highest BCUT2D eigenvalue weighted by molar-refractivity contribution is 6.31. The number of nitrogen functional groups attached to an aromatic ring is 1. The molecule has 1 saturated heterocycles. The van der Waals surface area contributed by atoms with Gasteiger partial charge in [0.25, 0.3) is 0 Å². The smallest absolute Gasteiger partial charge is 0.0889 e. The predicted molar refractivity (Wildman–Crippen MR) is 81.6 cm³/mol. The van der Waals surface area contributed by atoms with Gasteiger partial charge in [0.1, 0.15) is 0 Å². The lowest BCUT2D eigenvalue weighted by Gasteiger charge is -2.39. The number of nitrogens with zero attached hydrogens (tertiary/aromatic N) is 1. The Bertz CT molecular complexity index is 465. The molecule has 2 atom stereocenters. The van der Waals surface area contributed by atoms with Crippen molar-refractivity contribution in [3.05, 3.63) is 28.8 Å². The zero-order valence-electron chi connectivity index (χ0n) is 11.8. The molecule has 0 amide bonds. The molecule has 112 valence electrons. The molecule has 4 N–H and O–H groups in total. The van der Waals surface area contributed by atoms with Gasteiger partial charge in [0.05, 0.1) is 12.2 Å². The number of hydrogen-bond acceptors (Lipinski definition) is 4. The van der Waals surface area contributed by atoms with Gasteiger partial charge in [0.2, 0.25) is 0 Å². The highest BCUT2D eigenvalue weighted by Crippen LogP contribution is 2.29. The Hall–Kier alpha value is -0.810. The van der Waals surface area contributed by atoms with Crippen LogP contribution in [0.1, 0.15) is 25.3 Å². The predicted octanol–water partition coefficient (Wildman–Crippen LogP) is 1.88. The van der Waals surface area contributed by atoms with Crippen molar-refractivity contribution in [2.24, 2.45) is 5.92 Å². The number of piperidine rings is 1. The molecule has 2 rings (SSSR count). The fourth-order valence-electron chi connectivity index (χ4n) is 2.77. The van der Waals surface area contributed by atoms with Gasteiger partial charge >= 0.3 is 0 Å². The van der Waals surface area contributed by atoms with Crippen LogP contribution in [0.4, 0.5) is 5.69 Å². The summed E-state index contributed by atoms with van der Waals surface area (Å²) in [5.41, 5.74) is 6.40. The van der Waals surface area contributed by atoms with Gasteiger partial charge in [-0.1, -0.05) is 17.7 Å². The van der Waals surface area contributed by atoms with Gasteiger partial charge in [-0.3, -0.25) is 4.90 Å². The number of nitrogens with two attached hydrogens (primary N) is 1. The second-order valence-electron chi connectivity index (χ2n) is 5.94. The van der Waals surface area contributed by atoms with Crippen molar-refractivity contribution in [3.8, 4) is 0 Å². The van der Waals surface area contributed by atoms with E-state index in [1.165, 1.54) is 0 Å². The lowest BCUT2D eigenvalue weighted by atomic mass is 9.83. The Morgan fingerprint density at radius 3 is 2.90 bits per heavy atom. The Labute approximate surface area is 125 Å². The number of hydrogen-bond donors (Lipinski definition) is 3. The summed E-state index contributed by atoms with van der Waals surface area (Å²) in [6, 6.07) is 5.57. The van der Waals surface area contributed by atoms with Gasteiger partial charge in [0, 0.05) is 29.7 Å². The molecule has 5 heteroatoms. The second kappa shape index (κ2) is 6.31. The normalized spacial score (nSPS) is 23.5. The Balaban J connectivity index is 2.03. The van der Waals surface area contributed by atoms with Crippen molar-refractivity contribution in [2.45, 2.75) is 31.9 Å². The molecule has 0 unspecified atom stereocenters. The van der Waals surface area contributed by atoms with Crippen molar-refractivity contribution < 1.29 is 10.2 Å². The van der Waals surface area contributed by atoms with Crippen LogP contribution in [-0.4, -0.2) is 40.4 Å². The third-order valence-corrected chi connectivity index (χ3v) is 4.53. The summed E-state index contributed by atoms with van der Waals surface area (Å²) in [5.74, 6) is 0.0915. The fourth-order valence-corrected chi connectivity index (χ4v) is 3.02. The van der Waals surface area contributed by atoms with Crippen molar-refractivity contribution >= 4 is 17.3 Å². The van der Waals surface area contributed by atoms with E-state index >= 15 is 0 Å². The lowest BCUT2D eigenvalue weighted by Crippen LogP contribution is -2.47. The third kappa shape index (κ3) is 3.64. The molecule has 1 aliphatic rings. The monoisotopic (exact) mass is 298 g/mol. The van der Waals surface area contributed by atoms with E-state index in [4.69, 9.17) is 17.3 Å². The molecule has 0 saturated carbocycles. The zero-order valence-corrected chi connectivity index (χ0v) is 12.6. The molecule has 1 aliphatic heterocycles. The van der Waals surface area contributed by atoms with E-state index in [2.05, 4.69) is 4.90 Å². The van der Waals surface area contributed by atoms with Crippen LogP contribution < -0.4 is 5.73 Å². The van der Waals surface area contributed by atoms with E-state index in [0.717, 1.165) is 38.0 Å².